The average Bonchev–Trinajstić information content (AvgIpc) is 2.80. The highest BCUT2D eigenvalue weighted by molar-refractivity contribution is 9.10. The monoisotopic (exact) mass is 352 g/mol. The number of benzene rings is 1. The van der Waals surface area contributed by atoms with Crippen molar-refractivity contribution < 1.29 is 9.47 Å². The highest BCUT2D eigenvalue weighted by atomic mass is 79.9. The fourth-order valence-electron chi connectivity index (χ4n) is 2.92. The molecule has 1 aromatic carbocycles. The van der Waals surface area contributed by atoms with Gasteiger partial charge in [0.25, 0.3) is 6.01 Å². The Morgan fingerprint density at radius 3 is 2.76 bits per heavy atom. The van der Waals surface area contributed by atoms with E-state index in [0.717, 1.165) is 34.1 Å². The quantitative estimate of drug-likeness (QED) is 0.815. The van der Waals surface area contributed by atoms with Crippen molar-refractivity contribution >= 4 is 27.0 Å². The molecule has 114 valence electrons. The van der Waals surface area contributed by atoms with Gasteiger partial charge >= 0.3 is 0 Å². The van der Waals surface area contributed by atoms with Crippen LogP contribution >= 0.6 is 15.9 Å². The number of aryl methyl sites for hydroxylation is 1. The number of imidazole rings is 1. The summed E-state index contributed by atoms with van der Waals surface area (Å²) < 4.78 is 14.7. The molecule has 2 aromatic rings. The predicted octanol–water partition coefficient (Wildman–Crippen LogP) is 4.45. The third-order valence-corrected chi connectivity index (χ3v) is 4.79. The zero-order valence-electron chi connectivity index (χ0n) is 12.6. The molecule has 0 unspecified atom stereocenters. The molecule has 1 fully saturated rings. The van der Waals surface area contributed by atoms with Crippen molar-refractivity contribution in [3.63, 3.8) is 0 Å². The Bertz CT molecular complexity index is 633. The molecule has 0 radical (unpaired) electrons. The van der Waals surface area contributed by atoms with Gasteiger partial charge in [-0.15, -0.1) is 0 Å². The highest BCUT2D eigenvalue weighted by Crippen LogP contribution is 2.35. The smallest absolute Gasteiger partial charge is 0.297 e. The van der Waals surface area contributed by atoms with E-state index < -0.39 is 0 Å². The van der Waals surface area contributed by atoms with Gasteiger partial charge in [0.05, 0.1) is 22.1 Å². The number of rotatable bonds is 4. The first kappa shape index (κ1) is 14.7. The minimum absolute atomic E-state index is 0.305. The molecule has 0 saturated heterocycles. The Balaban J connectivity index is 1.93. The van der Waals surface area contributed by atoms with Gasteiger partial charge in [-0.3, -0.25) is 4.57 Å². The first-order chi connectivity index (χ1) is 10.2. The Morgan fingerprint density at radius 2 is 2.05 bits per heavy atom. The van der Waals surface area contributed by atoms with Gasteiger partial charge in [0.2, 0.25) is 0 Å². The number of fused-ring (bicyclic) bond motifs is 1. The first-order valence-electron chi connectivity index (χ1n) is 7.65. The second-order valence-corrected chi connectivity index (χ2v) is 6.30. The van der Waals surface area contributed by atoms with Crippen LogP contribution in [-0.2, 0) is 7.05 Å². The number of hydrogen-bond acceptors (Lipinski definition) is 3. The average molecular weight is 353 g/mol. The Morgan fingerprint density at radius 1 is 1.29 bits per heavy atom. The SMILES string of the molecule is CCOc1ccc2nc(OC3CCCCC3)n(C)c2c1Br. The lowest BCUT2D eigenvalue weighted by Gasteiger charge is -2.22. The Hall–Kier alpha value is -1.23. The second-order valence-electron chi connectivity index (χ2n) is 5.51. The molecule has 0 spiro atoms. The van der Waals surface area contributed by atoms with E-state index in [1.165, 1.54) is 19.3 Å². The number of hydrogen-bond donors (Lipinski definition) is 0. The number of aromatic nitrogens is 2. The van der Waals surface area contributed by atoms with Crippen LogP contribution in [0, 0.1) is 0 Å². The van der Waals surface area contributed by atoms with E-state index in [0.29, 0.717) is 18.7 Å². The summed E-state index contributed by atoms with van der Waals surface area (Å²) in [5.41, 5.74) is 1.95. The van der Waals surface area contributed by atoms with Crippen LogP contribution in [0.3, 0.4) is 0 Å². The Labute approximate surface area is 133 Å². The molecule has 1 aliphatic rings. The van der Waals surface area contributed by atoms with Crippen LogP contribution in [0.5, 0.6) is 11.8 Å². The number of nitrogens with zero attached hydrogens (tertiary/aromatic N) is 2. The number of halogens is 1. The second kappa shape index (κ2) is 6.26. The zero-order chi connectivity index (χ0) is 14.8. The maximum Gasteiger partial charge on any atom is 0.297 e. The van der Waals surface area contributed by atoms with Crippen LogP contribution in [0.2, 0.25) is 0 Å². The molecule has 1 saturated carbocycles. The minimum Gasteiger partial charge on any atom is -0.493 e. The molecule has 0 N–H and O–H groups in total. The molecule has 3 rings (SSSR count). The van der Waals surface area contributed by atoms with Crippen LogP contribution in [0.15, 0.2) is 16.6 Å². The summed E-state index contributed by atoms with van der Waals surface area (Å²) >= 11 is 3.63. The lowest BCUT2D eigenvalue weighted by molar-refractivity contribution is 0.138. The van der Waals surface area contributed by atoms with E-state index in [4.69, 9.17) is 9.47 Å². The standard InChI is InChI=1S/C16H21BrN2O2/c1-3-20-13-10-9-12-15(14(13)17)19(2)16(18-12)21-11-7-5-4-6-8-11/h9-11H,3-8H2,1-2H3. The van der Waals surface area contributed by atoms with Crippen LogP contribution in [-0.4, -0.2) is 22.3 Å². The topological polar surface area (TPSA) is 36.3 Å². The van der Waals surface area contributed by atoms with Crippen molar-refractivity contribution in [2.24, 2.45) is 7.05 Å². The molecule has 1 aromatic heterocycles. The van der Waals surface area contributed by atoms with Crippen molar-refractivity contribution in [3.05, 3.63) is 16.6 Å². The largest absolute Gasteiger partial charge is 0.493 e. The van der Waals surface area contributed by atoms with E-state index in [-0.39, 0.29) is 0 Å². The van der Waals surface area contributed by atoms with E-state index >= 15 is 0 Å². The maximum absolute atomic E-state index is 6.12. The molecule has 21 heavy (non-hydrogen) atoms. The molecule has 0 bridgehead atoms. The summed E-state index contributed by atoms with van der Waals surface area (Å²) in [6, 6.07) is 4.64. The lowest BCUT2D eigenvalue weighted by atomic mass is 9.98. The molecule has 1 aliphatic carbocycles. The molecule has 4 nitrogen and oxygen atoms in total. The summed E-state index contributed by atoms with van der Waals surface area (Å²) in [4.78, 5) is 4.62. The maximum atomic E-state index is 6.12. The summed E-state index contributed by atoms with van der Waals surface area (Å²) in [6.07, 6.45) is 6.41. The molecular weight excluding hydrogens is 332 g/mol. The van der Waals surface area contributed by atoms with Crippen molar-refractivity contribution in [1.82, 2.24) is 9.55 Å². The van der Waals surface area contributed by atoms with Gasteiger partial charge in [-0.1, -0.05) is 6.42 Å². The molecule has 0 amide bonds. The zero-order valence-corrected chi connectivity index (χ0v) is 14.1. The van der Waals surface area contributed by atoms with Crippen molar-refractivity contribution in [2.75, 3.05) is 6.61 Å². The van der Waals surface area contributed by atoms with Crippen molar-refractivity contribution in [3.8, 4) is 11.8 Å². The summed E-state index contributed by atoms with van der Waals surface area (Å²) in [5.74, 6) is 0.845. The first-order valence-corrected chi connectivity index (χ1v) is 8.44. The van der Waals surface area contributed by atoms with Crippen LogP contribution in [0.1, 0.15) is 39.0 Å². The van der Waals surface area contributed by atoms with E-state index in [2.05, 4.69) is 20.9 Å². The summed E-state index contributed by atoms with van der Waals surface area (Å²) in [7, 11) is 1.99. The molecule has 0 atom stereocenters. The van der Waals surface area contributed by atoms with E-state index in [1.807, 2.05) is 30.7 Å². The summed E-state index contributed by atoms with van der Waals surface area (Å²) in [5, 5.41) is 0. The Kier molecular flexibility index (Phi) is 4.38. The van der Waals surface area contributed by atoms with Gasteiger partial charge in [-0.2, -0.15) is 4.98 Å². The molecule has 0 aliphatic heterocycles. The van der Waals surface area contributed by atoms with Crippen LogP contribution in [0.4, 0.5) is 0 Å². The molecule has 5 heteroatoms. The minimum atomic E-state index is 0.305. The highest BCUT2D eigenvalue weighted by Gasteiger charge is 2.20. The van der Waals surface area contributed by atoms with E-state index in [1.54, 1.807) is 0 Å². The molecular formula is C16H21BrN2O2. The van der Waals surface area contributed by atoms with Gasteiger partial charge < -0.3 is 9.47 Å². The van der Waals surface area contributed by atoms with Gasteiger partial charge in [0, 0.05) is 7.05 Å². The third-order valence-electron chi connectivity index (χ3n) is 4.02. The van der Waals surface area contributed by atoms with Gasteiger partial charge in [0.15, 0.2) is 0 Å². The van der Waals surface area contributed by atoms with Crippen LogP contribution < -0.4 is 9.47 Å². The van der Waals surface area contributed by atoms with Gasteiger partial charge in [0.1, 0.15) is 11.9 Å². The fourth-order valence-corrected chi connectivity index (χ4v) is 3.64. The normalized spacial score (nSPS) is 16.3. The number of ether oxygens (including phenoxy) is 2. The summed E-state index contributed by atoms with van der Waals surface area (Å²) in [6.45, 7) is 2.63. The van der Waals surface area contributed by atoms with Crippen molar-refractivity contribution in [2.45, 2.75) is 45.1 Å². The molecule has 1 heterocycles. The fraction of sp³-hybridized carbons (Fsp3) is 0.562. The third kappa shape index (κ3) is 2.89. The van der Waals surface area contributed by atoms with E-state index in [9.17, 15) is 0 Å². The lowest BCUT2D eigenvalue weighted by Crippen LogP contribution is -2.21. The predicted molar refractivity (Wildman–Crippen MR) is 87.1 cm³/mol. The van der Waals surface area contributed by atoms with Gasteiger partial charge in [-0.05, 0) is 60.7 Å². The van der Waals surface area contributed by atoms with Gasteiger partial charge in [-0.25, -0.2) is 0 Å². The van der Waals surface area contributed by atoms with Crippen LogP contribution in [0.25, 0.3) is 11.0 Å². The van der Waals surface area contributed by atoms with Crippen molar-refractivity contribution in [1.29, 1.82) is 0 Å².